The summed E-state index contributed by atoms with van der Waals surface area (Å²) in [6, 6.07) is 11.6. The summed E-state index contributed by atoms with van der Waals surface area (Å²) >= 11 is 1.56. The van der Waals surface area contributed by atoms with Crippen molar-refractivity contribution in [1.29, 1.82) is 5.26 Å². The van der Waals surface area contributed by atoms with Crippen molar-refractivity contribution in [2.75, 3.05) is 11.4 Å². The minimum Gasteiger partial charge on any atom is -0.357 e. The average Bonchev–Trinajstić information content (AvgIpc) is 3.20. The maximum absolute atomic E-state index is 14.4. The van der Waals surface area contributed by atoms with Gasteiger partial charge < -0.3 is 4.90 Å². The second-order valence-corrected chi connectivity index (χ2v) is 6.83. The van der Waals surface area contributed by atoms with Gasteiger partial charge in [-0.15, -0.1) is 11.3 Å². The van der Waals surface area contributed by atoms with Crippen LogP contribution in [0.1, 0.15) is 29.5 Å². The molecule has 1 atom stereocenters. The van der Waals surface area contributed by atoms with E-state index in [0.29, 0.717) is 6.54 Å². The number of thiazole rings is 1. The van der Waals surface area contributed by atoms with Gasteiger partial charge in [0, 0.05) is 6.54 Å². The van der Waals surface area contributed by atoms with E-state index >= 15 is 0 Å². The van der Waals surface area contributed by atoms with Crippen molar-refractivity contribution in [2.45, 2.75) is 18.9 Å². The lowest BCUT2D eigenvalue weighted by Gasteiger charge is -2.26. The average molecular weight is 341 g/mol. The SMILES string of the molecule is N#Cc1cc(F)c(N2CCCC2c2nc3ccccc3s2)c(F)c1. The quantitative estimate of drug-likeness (QED) is 0.673. The van der Waals surface area contributed by atoms with Crippen molar-refractivity contribution >= 4 is 27.2 Å². The molecule has 3 nitrogen and oxygen atoms in total. The topological polar surface area (TPSA) is 39.9 Å². The van der Waals surface area contributed by atoms with E-state index in [0.717, 1.165) is 40.2 Å². The van der Waals surface area contributed by atoms with Crippen LogP contribution in [0.25, 0.3) is 10.2 Å². The third kappa shape index (κ3) is 2.42. The number of nitriles is 1. The van der Waals surface area contributed by atoms with Gasteiger partial charge in [-0.3, -0.25) is 0 Å². The van der Waals surface area contributed by atoms with Crippen LogP contribution in [-0.4, -0.2) is 11.5 Å². The summed E-state index contributed by atoms with van der Waals surface area (Å²) in [5.41, 5.74) is 0.838. The van der Waals surface area contributed by atoms with Gasteiger partial charge in [0.1, 0.15) is 10.7 Å². The number of fused-ring (bicyclic) bond motifs is 1. The van der Waals surface area contributed by atoms with E-state index in [4.69, 9.17) is 5.26 Å². The Morgan fingerprint density at radius 3 is 2.67 bits per heavy atom. The Labute approximate surface area is 141 Å². The van der Waals surface area contributed by atoms with Crippen LogP contribution < -0.4 is 4.90 Å². The Hall–Kier alpha value is -2.52. The minimum atomic E-state index is -0.695. The van der Waals surface area contributed by atoms with Gasteiger partial charge in [0.2, 0.25) is 0 Å². The predicted molar refractivity (Wildman–Crippen MR) is 90.0 cm³/mol. The van der Waals surface area contributed by atoms with E-state index in [1.54, 1.807) is 22.3 Å². The molecule has 0 spiro atoms. The fraction of sp³-hybridized carbons (Fsp3) is 0.222. The summed E-state index contributed by atoms with van der Waals surface area (Å²) < 4.78 is 29.9. The minimum absolute atomic E-state index is 0.00974. The van der Waals surface area contributed by atoms with Gasteiger partial charge in [0.05, 0.1) is 27.9 Å². The molecule has 0 bridgehead atoms. The van der Waals surface area contributed by atoms with Crippen molar-refractivity contribution < 1.29 is 8.78 Å². The number of para-hydroxylation sites is 1. The Morgan fingerprint density at radius 1 is 1.21 bits per heavy atom. The number of benzene rings is 2. The highest BCUT2D eigenvalue weighted by Gasteiger charge is 2.32. The van der Waals surface area contributed by atoms with Gasteiger partial charge in [0.25, 0.3) is 0 Å². The molecular formula is C18H13F2N3S. The molecule has 24 heavy (non-hydrogen) atoms. The molecule has 1 aromatic heterocycles. The van der Waals surface area contributed by atoms with Crippen molar-refractivity contribution in [3.05, 3.63) is 58.6 Å². The zero-order valence-electron chi connectivity index (χ0n) is 12.7. The summed E-state index contributed by atoms with van der Waals surface area (Å²) in [5.74, 6) is -1.39. The third-order valence-corrected chi connectivity index (χ3v) is 5.42. The molecule has 0 radical (unpaired) electrons. The molecule has 1 unspecified atom stereocenters. The van der Waals surface area contributed by atoms with Gasteiger partial charge in [-0.25, -0.2) is 13.8 Å². The zero-order valence-corrected chi connectivity index (χ0v) is 13.5. The molecule has 1 aliphatic rings. The molecule has 0 amide bonds. The van der Waals surface area contributed by atoms with E-state index in [1.165, 1.54) is 0 Å². The van der Waals surface area contributed by atoms with Crippen LogP contribution in [0.5, 0.6) is 0 Å². The van der Waals surface area contributed by atoms with Gasteiger partial charge in [-0.1, -0.05) is 12.1 Å². The van der Waals surface area contributed by atoms with Crippen LogP contribution in [0.4, 0.5) is 14.5 Å². The summed E-state index contributed by atoms with van der Waals surface area (Å²) in [6.45, 7) is 0.570. The third-order valence-electron chi connectivity index (χ3n) is 4.28. The lowest BCUT2D eigenvalue weighted by atomic mass is 10.1. The van der Waals surface area contributed by atoms with Gasteiger partial charge >= 0.3 is 0 Å². The van der Waals surface area contributed by atoms with E-state index in [9.17, 15) is 8.78 Å². The zero-order chi connectivity index (χ0) is 16.7. The van der Waals surface area contributed by atoms with Crippen LogP contribution >= 0.6 is 11.3 Å². The molecule has 1 saturated heterocycles. The first-order chi connectivity index (χ1) is 11.7. The maximum atomic E-state index is 14.4. The highest BCUT2D eigenvalue weighted by Crippen LogP contribution is 2.41. The second-order valence-electron chi connectivity index (χ2n) is 5.77. The predicted octanol–water partition coefficient (Wildman–Crippen LogP) is 4.79. The highest BCUT2D eigenvalue weighted by molar-refractivity contribution is 7.18. The molecule has 0 aliphatic carbocycles. The molecule has 1 fully saturated rings. The van der Waals surface area contributed by atoms with E-state index in [2.05, 4.69) is 4.98 Å². The molecule has 2 heterocycles. The summed E-state index contributed by atoms with van der Waals surface area (Å²) in [7, 11) is 0. The first-order valence-corrected chi connectivity index (χ1v) is 8.50. The van der Waals surface area contributed by atoms with Crippen LogP contribution in [-0.2, 0) is 0 Å². The number of hydrogen-bond acceptors (Lipinski definition) is 4. The molecule has 2 aromatic carbocycles. The molecule has 6 heteroatoms. The number of nitrogens with zero attached hydrogens (tertiary/aromatic N) is 3. The number of rotatable bonds is 2. The first kappa shape index (κ1) is 15.0. The fourth-order valence-electron chi connectivity index (χ4n) is 3.23. The Kier molecular flexibility index (Phi) is 3.66. The number of halogens is 2. The molecule has 0 saturated carbocycles. The van der Waals surface area contributed by atoms with E-state index in [-0.39, 0.29) is 17.3 Å². The fourth-order valence-corrected chi connectivity index (χ4v) is 4.34. The molecule has 3 aromatic rings. The first-order valence-electron chi connectivity index (χ1n) is 7.68. The van der Waals surface area contributed by atoms with Crippen molar-refractivity contribution in [1.82, 2.24) is 4.98 Å². The van der Waals surface area contributed by atoms with E-state index < -0.39 is 11.6 Å². The second kappa shape index (κ2) is 5.84. The summed E-state index contributed by atoms with van der Waals surface area (Å²) in [6.07, 6.45) is 1.65. The van der Waals surface area contributed by atoms with Crippen molar-refractivity contribution in [3.63, 3.8) is 0 Å². The standard InChI is InChI=1S/C18H13F2N3S/c19-12-8-11(10-21)9-13(20)17(12)23-7-3-5-15(23)18-22-14-4-1-2-6-16(14)24-18/h1-2,4,6,8-9,15H,3,5,7H2. The van der Waals surface area contributed by atoms with Gasteiger partial charge in [-0.2, -0.15) is 5.26 Å². The Balaban J connectivity index is 1.77. The van der Waals surface area contributed by atoms with Crippen LogP contribution in [0.2, 0.25) is 0 Å². The molecule has 4 rings (SSSR count). The summed E-state index contributed by atoms with van der Waals surface area (Å²) in [5, 5.41) is 9.72. The molecular weight excluding hydrogens is 328 g/mol. The van der Waals surface area contributed by atoms with Gasteiger partial charge in [0.15, 0.2) is 11.6 Å². The number of anilines is 1. The van der Waals surface area contributed by atoms with Crippen LogP contribution in [0.3, 0.4) is 0 Å². The van der Waals surface area contributed by atoms with Crippen molar-refractivity contribution in [3.8, 4) is 6.07 Å². The Morgan fingerprint density at radius 2 is 1.96 bits per heavy atom. The van der Waals surface area contributed by atoms with Crippen LogP contribution in [0, 0.1) is 23.0 Å². The Bertz CT molecular complexity index is 904. The summed E-state index contributed by atoms with van der Waals surface area (Å²) in [4.78, 5) is 6.38. The van der Waals surface area contributed by atoms with Crippen molar-refractivity contribution in [2.24, 2.45) is 0 Å². The largest absolute Gasteiger partial charge is 0.357 e. The lowest BCUT2D eigenvalue weighted by Crippen LogP contribution is -2.24. The number of hydrogen-bond donors (Lipinski definition) is 0. The van der Waals surface area contributed by atoms with E-state index in [1.807, 2.05) is 24.3 Å². The van der Waals surface area contributed by atoms with Crippen LogP contribution in [0.15, 0.2) is 36.4 Å². The molecule has 1 aliphatic heterocycles. The smallest absolute Gasteiger partial charge is 0.150 e. The molecule has 120 valence electrons. The lowest BCUT2D eigenvalue weighted by molar-refractivity contribution is 0.564. The van der Waals surface area contributed by atoms with Gasteiger partial charge in [-0.05, 0) is 37.1 Å². The molecule has 0 N–H and O–H groups in total. The number of aromatic nitrogens is 1. The normalized spacial score (nSPS) is 17.4. The maximum Gasteiger partial charge on any atom is 0.150 e. The monoisotopic (exact) mass is 341 g/mol. The highest BCUT2D eigenvalue weighted by atomic mass is 32.1.